The van der Waals surface area contributed by atoms with Crippen LogP contribution < -0.4 is 15.6 Å². The maximum Gasteiger partial charge on any atom is 0.352 e. The van der Waals surface area contributed by atoms with E-state index in [2.05, 4.69) is 19.8 Å². The molecule has 5 heterocycles. The largest absolute Gasteiger partial charge is 0.477 e. The number of oxime groups is 1. The molecule has 186 valence electrons. The fourth-order valence-electron chi connectivity index (χ4n) is 4.24. The number of nitrogens with zero attached hydrogens (tertiary/aromatic N) is 6. The Morgan fingerprint density at radius 3 is 2.92 bits per heavy atom. The molecule has 4 N–H and O–H groups in total. The van der Waals surface area contributed by atoms with Gasteiger partial charge < -0.3 is 25.4 Å². The van der Waals surface area contributed by atoms with Gasteiger partial charge in [-0.15, -0.1) is 11.8 Å². The first-order valence-electron chi connectivity index (χ1n) is 10.7. The van der Waals surface area contributed by atoms with Gasteiger partial charge in [0.1, 0.15) is 29.7 Å². The Labute approximate surface area is 212 Å². The Hall–Kier alpha value is -3.98. The summed E-state index contributed by atoms with van der Waals surface area (Å²) in [5.74, 6) is -2.10. The number of aryl methyl sites for hydroxylation is 1. The Morgan fingerprint density at radius 1 is 1.42 bits per heavy atom. The average Bonchev–Trinajstić information content (AvgIpc) is 3.51. The molecule has 0 bridgehead atoms. The van der Waals surface area contributed by atoms with Crippen molar-refractivity contribution in [3.05, 3.63) is 53.5 Å². The minimum atomic E-state index is -1.20. The van der Waals surface area contributed by atoms with E-state index in [9.17, 15) is 19.5 Å². The molecular weight excluding hydrogens is 508 g/mol. The van der Waals surface area contributed by atoms with Crippen LogP contribution in [0.15, 0.2) is 47.1 Å². The summed E-state index contributed by atoms with van der Waals surface area (Å²) in [6, 6.07) is 2.97. The van der Waals surface area contributed by atoms with Crippen LogP contribution in [-0.4, -0.2) is 71.5 Å². The first-order chi connectivity index (χ1) is 17.3. The lowest BCUT2D eigenvalue weighted by atomic mass is 10.0. The highest BCUT2D eigenvalue weighted by Crippen LogP contribution is 2.40. The zero-order valence-corrected chi connectivity index (χ0v) is 20.7. The maximum absolute atomic E-state index is 13.0. The monoisotopic (exact) mass is 529 g/mol. The molecule has 36 heavy (non-hydrogen) atoms. The van der Waals surface area contributed by atoms with E-state index >= 15 is 0 Å². The molecule has 3 aromatic rings. The normalized spacial score (nSPS) is 19.8. The summed E-state index contributed by atoms with van der Waals surface area (Å²) in [6.07, 6.45) is 5.71. The number of nitrogens with one attached hydrogen (secondary N) is 1. The van der Waals surface area contributed by atoms with Crippen LogP contribution in [0.25, 0.3) is 5.52 Å². The molecule has 0 spiro atoms. The number of carbonyl (C=O) groups is 3. The smallest absolute Gasteiger partial charge is 0.352 e. The van der Waals surface area contributed by atoms with Gasteiger partial charge in [0.15, 0.2) is 17.9 Å². The summed E-state index contributed by atoms with van der Waals surface area (Å²) in [4.78, 5) is 48.0. The number of anilines is 1. The topological polar surface area (TPSA) is 168 Å². The molecule has 2 aliphatic rings. The van der Waals surface area contributed by atoms with E-state index in [0.717, 1.165) is 22.7 Å². The number of aromatic nitrogens is 4. The van der Waals surface area contributed by atoms with Gasteiger partial charge in [0.25, 0.3) is 11.8 Å². The van der Waals surface area contributed by atoms with Crippen molar-refractivity contribution in [1.29, 1.82) is 0 Å². The Kier molecular flexibility index (Phi) is 6.09. The molecule has 2 amide bonds. The summed E-state index contributed by atoms with van der Waals surface area (Å²) in [6.45, 7) is 2.27. The molecule has 2 aliphatic heterocycles. The number of β-lactam (4-membered cyclic amide) rings is 1. The zero-order valence-electron chi connectivity index (χ0n) is 19.1. The van der Waals surface area contributed by atoms with Gasteiger partial charge in [0, 0.05) is 36.0 Å². The third-order valence-corrected chi connectivity index (χ3v) is 7.82. The number of carboxylic acid groups (broad SMARTS) is 1. The van der Waals surface area contributed by atoms with Gasteiger partial charge in [0.05, 0.1) is 6.20 Å². The van der Waals surface area contributed by atoms with E-state index in [1.165, 1.54) is 23.8 Å². The van der Waals surface area contributed by atoms with Crippen LogP contribution in [0.2, 0.25) is 0 Å². The SMILES string of the molecule is CON=C(C(=O)N[C@@H]1C(=O)N2C(C(=O)O)=C(C[n+]3ccn4cccc4c3C)CS[C@@H]12)c1nsc(N)n1. The zero-order chi connectivity index (χ0) is 25.6. The third kappa shape index (κ3) is 3.95. The predicted molar refractivity (Wildman–Crippen MR) is 130 cm³/mol. The highest BCUT2D eigenvalue weighted by atomic mass is 32.2. The average molecular weight is 530 g/mol. The number of nitrogens with two attached hydrogens (primary N) is 1. The van der Waals surface area contributed by atoms with Crippen molar-refractivity contribution in [3.8, 4) is 0 Å². The van der Waals surface area contributed by atoms with Crippen molar-refractivity contribution in [2.75, 3.05) is 18.6 Å². The van der Waals surface area contributed by atoms with E-state index in [1.807, 2.05) is 46.6 Å². The minimum Gasteiger partial charge on any atom is -0.477 e. The van der Waals surface area contributed by atoms with Crippen LogP contribution in [0.4, 0.5) is 5.13 Å². The van der Waals surface area contributed by atoms with Crippen LogP contribution in [-0.2, 0) is 25.8 Å². The quantitative estimate of drug-likeness (QED) is 0.162. The second-order valence-electron chi connectivity index (χ2n) is 8.01. The number of fused-ring (bicyclic) bond motifs is 2. The molecule has 2 atom stereocenters. The number of amides is 2. The fourth-order valence-corrected chi connectivity index (χ4v) is 6.01. The number of carboxylic acids is 1. The molecular formula is C21H21N8O5S2+. The molecule has 5 rings (SSSR count). The first kappa shape index (κ1) is 23.7. The predicted octanol–water partition coefficient (Wildman–Crippen LogP) is -0.242. The van der Waals surface area contributed by atoms with Gasteiger partial charge in [-0.3, -0.25) is 14.5 Å². The Morgan fingerprint density at radius 2 is 2.22 bits per heavy atom. The highest BCUT2D eigenvalue weighted by Gasteiger charge is 2.55. The molecule has 13 nitrogen and oxygen atoms in total. The molecule has 15 heteroatoms. The van der Waals surface area contributed by atoms with E-state index < -0.39 is 29.2 Å². The number of aliphatic carboxylic acids is 1. The van der Waals surface area contributed by atoms with Gasteiger partial charge in [-0.25, -0.2) is 4.79 Å². The summed E-state index contributed by atoms with van der Waals surface area (Å²) >= 11 is 2.27. The van der Waals surface area contributed by atoms with Crippen molar-refractivity contribution in [1.82, 2.24) is 24.0 Å². The summed E-state index contributed by atoms with van der Waals surface area (Å²) < 4.78 is 7.89. The van der Waals surface area contributed by atoms with Gasteiger partial charge in [0.2, 0.25) is 17.2 Å². The Bertz CT molecular complexity index is 1460. The van der Waals surface area contributed by atoms with Gasteiger partial charge >= 0.3 is 5.97 Å². The van der Waals surface area contributed by atoms with Crippen molar-refractivity contribution in [2.45, 2.75) is 24.9 Å². The number of hydrogen-bond acceptors (Lipinski definition) is 10. The van der Waals surface area contributed by atoms with Crippen molar-refractivity contribution < 1.29 is 28.9 Å². The van der Waals surface area contributed by atoms with Gasteiger partial charge in [-0.1, -0.05) is 5.16 Å². The van der Waals surface area contributed by atoms with Crippen molar-refractivity contribution in [2.24, 2.45) is 5.16 Å². The standard InChI is InChI=1S/C21H20N8O5S2/c1-10-12-4-3-5-27(12)6-7-28(10)8-11-9-35-19-14(18(31)29(19)15(11)20(32)33)23-17(30)13(25-34-2)16-24-21(22)36-26-16/h3-7,14,19H,8-9H2,1-2H3,(H3-,22,23,24,26,30,32,33)/p+1/t14-,19+/m1/s1. The molecule has 0 aromatic carbocycles. The molecule has 0 unspecified atom stereocenters. The van der Waals surface area contributed by atoms with E-state index in [0.29, 0.717) is 17.9 Å². The van der Waals surface area contributed by atoms with Crippen LogP contribution in [0.3, 0.4) is 0 Å². The van der Waals surface area contributed by atoms with E-state index in [-0.39, 0.29) is 22.4 Å². The highest BCUT2D eigenvalue weighted by molar-refractivity contribution is 8.00. The van der Waals surface area contributed by atoms with Crippen LogP contribution in [0.5, 0.6) is 0 Å². The molecule has 0 saturated carbocycles. The lowest BCUT2D eigenvalue weighted by Gasteiger charge is -2.49. The van der Waals surface area contributed by atoms with E-state index in [1.54, 1.807) is 0 Å². The van der Waals surface area contributed by atoms with Crippen LogP contribution in [0, 0.1) is 6.92 Å². The Balaban J connectivity index is 1.38. The lowest BCUT2D eigenvalue weighted by Crippen LogP contribution is -2.71. The van der Waals surface area contributed by atoms with Crippen LogP contribution in [0.1, 0.15) is 11.5 Å². The van der Waals surface area contributed by atoms with Crippen LogP contribution >= 0.6 is 23.3 Å². The van der Waals surface area contributed by atoms with Crippen molar-refractivity contribution in [3.63, 3.8) is 0 Å². The minimum absolute atomic E-state index is 0.0301. The molecule has 0 aliphatic carbocycles. The molecule has 0 radical (unpaired) electrons. The summed E-state index contributed by atoms with van der Waals surface area (Å²) in [5.41, 5.74) is 7.87. The number of hydrogen-bond donors (Lipinski definition) is 3. The first-order valence-corrected chi connectivity index (χ1v) is 12.5. The fraction of sp³-hybridized carbons (Fsp3) is 0.286. The van der Waals surface area contributed by atoms with E-state index in [4.69, 9.17) is 10.6 Å². The second kappa shape index (κ2) is 9.23. The lowest BCUT2D eigenvalue weighted by molar-refractivity contribution is -0.694. The number of carbonyl (C=O) groups excluding carboxylic acids is 2. The summed E-state index contributed by atoms with van der Waals surface area (Å²) in [5, 5.41) is 15.8. The van der Waals surface area contributed by atoms with Gasteiger partial charge in [-0.2, -0.15) is 13.9 Å². The number of nitrogen functional groups attached to an aromatic ring is 1. The maximum atomic E-state index is 13.0. The molecule has 1 saturated heterocycles. The van der Waals surface area contributed by atoms with Crippen molar-refractivity contribution >= 4 is 57.4 Å². The third-order valence-electron chi connectivity index (χ3n) is 5.94. The number of thioether (sulfide) groups is 1. The van der Waals surface area contributed by atoms with Gasteiger partial charge in [-0.05, 0) is 12.1 Å². The molecule has 3 aromatic heterocycles. The summed E-state index contributed by atoms with van der Waals surface area (Å²) in [7, 11) is 1.26. The second-order valence-corrected chi connectivity index (χ2v) is 9.90. The molecule has 1 fully saturated rings. The number of rotatable bonds is 7.